The Hall–Kier alpha value is -1.36. The summed E-state index contributed by atoms with van der Waals surface area (Å²) in [4.78, 5) is 22.7. The number of hydrogen-bond acceptors (Lipinski definition) is 5. The molecule has 0 bridgehead atoms. The largest absolute Gasteiger partial charge is 0.501 e. The van der Waals surface area contributed by atoms with Gasteiger partial charge in [0.15, 0.2) is 0 Å². The fourth-order valence-corrected chi connectivity index (χ4v) is 2.06. The average Bonchev–Trinajstić information content (AvgIpc) is 2.53. The Morgan fingerprint density at radius 1 is 1.33 bits per heavy atom. The molecule has 2 rings (SSSR count). The molecule has 0 aromatic carbocycles. The predicted octanol–water partition coefficient (Wildman–Crippen LogP) is 0.251. The summed E-state index contributed by atoms with van der Waals surface area (Å²) in [6.07, 6.45) is 1.80. The first kappa shape index (κ1) is 10.2. The van der Waals surface area contributed by atoms with Crippen molar-refractivity contribution in [2.24, 2.45) is 11.8 Å². The van der Waals surface area contributed by atoms with Gasteiger partial charge in [0.1, 0.15) is 5.92 Å². The minimum atomic E-state index is -0.550. The van der Waals surface area contributed by atoms with Gasteiger partial charge in [0.25, 0.3) is 0 Å². The van der Waals surface area contributed by atoms with E-state index in [-0.39, 0.29) is 6.10 Å². The van der Waals surface area contributed by atoms with Crippen molar-refractivity contribution in [2.75, 3.05) is 14.2 Å². The Morgan fingerprint density at radius 2 is 2.07 bits per heavy atom. The molecule has 82 valence electrons. The maximum atomic E-state index is 11.4. The molecular formula is C10H12O5. The smallest absolute Gasteiger partial charge is 0.321 e. The van der Waals surface area contributed by atoms with Gasteiger partial charge in [-0.2, -0.15) is 0 Å². The Balaban J connectivity index is 2.32. The van der Waals surface area contributed by atoms with Gasteiger partial charge in [0.05, 0.1) is 24.9 Å². The zero-order valence-corrected chi connectivity index (χ0v) is 8.56. The predicted molar refractivity (Wildman–Crippen MR) is 48.6 cm³/mol. The number of carbonyl (C=O) groups is 2. The van der Waals surface area contributed by atoms with Crippen LogP contribution in [0.2, 0.25) is 0 Å². The van der Waals surface area contributed by atoms with E-state index in [9.17, 15) is 9.59 Å². The molecule has 3 unspecified atom stereocenters. The van der Waals surface area contributed by atoms with E-state index in [2.05, 4.69) is 4.74 Å². The Kier molecular flexibility index (Phi) is 2.48. The van der Waals surface area contributed by atoms with Crippen LogP contribution in [0.5, 0.6) is 0 Å². The zero-order valence-electron chi connectivity index (χ0n) is 8.56. The van der Waals surface area contributed by atoms with Gasteiger partial charge in [-0.15, -0.1) is 0 Å². The first-order valence-electron chi connectivity index (χ1n) is 4.70. The molecule has 1 fully saturated rings. The van der Waals surface area contributed by atoms with Crippen LogP contribution in [0.25, 0.3) is 0 Å². The van der Waals surface area contributed by atoms with Gasteiger partial charge < -0.3 is 14.2 Å². The lowest BCUT2D eigenvalue weighted by Gasteiger charge is -2.26. The third-order valence-electron chi connectivity index (χ3n) is 2.87. The van der Waals surface area contributed by atoms with Gasteiger partial charge >= 0.3 is 11.9 Å². The van der Waals surface area contributed by atoms with Crippen molar-refractivity contribution in [1.82, 2.24) is 0 Å². The van der Waals surface area contributed by atoms with Crippen LogP contribution in [0.15, 0.2) is 11.8 Å². The molecule has 0 saturated carbocycles. The van der Waals surface area contributed by atoms with Crippen molar-refractivity contribution < 1.29 is 23.8 Å². The van der Waals surface area contributed by atoms with Gasteiger partial charge in [-0.1, -0.05) is 0 Å². The number of ether oxygens (including phenoxy) is 3. The van der Waals surface area contributed by atoms with Crippen LogP contribution < -0.4 is 0 Å². The van der Waals surface area contributed by atoms with Crippen LogP contribution in [-0.2, 0) is 23.8 Å². The van der Waals surface area contributed by atoms with Crippen molar-refractivity contribution in [1.29, 1.82) is 0 Å². The summed E-state index contributed by atoms with van der Waals surface area (Å²) < 4.78 is 14.8. The SMILES string of the molecule is COC1=CC2C(=O)OC(=O)C2C(OC)C1. The highest BCUT2D eigenvalue weighted by Crippen LogP contribution is 2.37. The highest BCUT2D eigenvalue weighted by Gasteiger charge is 2.50. The lowest BCUT2D eigenvalue weighted by Crippen LogP contribution is -2.35. The minimum Gasteiger partial charge on any atom is -0.501 e. The maximum absolute atomic E-state index is 11.4. The lowest BCUT2D eigenvalue weighted by atomic mass is 9.82. The number of hydrogen-bond donors (Lipinski definition) is 0. The highest BCUT2D eigenvalue weighted by atomic mass is 16.6. The summed E-state index contributed by atoms with van der Waals surface area (Å²) in [5.41, 5.74) is 0. The van der Waals surface area contributed by atoms with E-state index in [0.717, 1.165) is 0 Å². The Morgan fingerprint density at radius 3 is 2.67 bits per heavy atom. The molecule has 5 heteroatoms. The molecule has 1 heterocycles. The average molecular weight is 212 g/mol. The van der Waals surface area contributed by atoms with Gasteiger partial charge in [0, 0.05) is 13.5 Å². The van der Waals surface area contributed by atoms with E-state index in [0.29, 0.717) is 12.2 Å². The summed E-state index contributed by atoms with van der Waals surface area (Å²) >= 11 is 0. The van der Waals surface area contributed by atoms with E-state index in [1.807, 2.05) is 0 Å². The molecule has 1 aliphatic carbocycles. The maximum Gasteiger partial charge on any atom is 0.321 e. The van der Waals surface area contributed by atoms with E-state index in [1.54, 1.807) is 6.08 Å². The van der Waals surface area contributed by atoms with E-state index in [1.165, 1.54) is 14.2 Å². The third kappa shape index (κ3) is 1.52. The summed E-state index contributed by atoms with van der Waals surface area (Å²) in [5.74, 6) is -1.41. The summed E-state index contributed by atoms with van der Waals surface area (Å²) in [7, 11) is 3.04. The molecule has 0 spiro atoms. The molecule has 0 amide bonds. The molecule has 1 saturated heterocycles. The number of methoxy groups -OCH3 is 2. The van der Waals surface area contributed by atoms with Gasteiger partial charge in [0.2, 0.25) is 0 Å². The normalized spacial score (nSPS) is 34.5. The number of cyclic esters (lactones) is 2. The molecule has 1 aliphatic heterocycles. The van der Waals surface area contributed by atoms with Crippen molar-refractivity contribution in [3.8, 4) is 0 Å². The molecule has 0 aromatic rings. The number of carbonyl (C=O) groups excluding carboxylic acids is 2. The molecule has 15 heavy (non-hydrogen) atoms. The Bertz CT molecular complexity index is 333. The van der Waals surface area contributed by atoms with Crippen molar-refractivity contribution in [3.05, 3.63) is 11.8 Å². The second kappa shape index (κ2) is 3.66. The highest BCUT2D eigenvalue weighted by molar-refractivity contribution is 5.98. The van der Waals surface area contributed by atoms with E-state index < -0.39 is 23.8 Å². The molecule has 5 nitrogen and oxygen atoms in total. The molecular weight excluding hydrogens is 200 g/mol. The minimum absolute atomic E-state index is 0.339. The van der Waals surface area contributed by atoms with E-state index in [4.69, 9.17) is 9.47 Å². The summed E-state index contributed by atoms with van der Waals surface area (Å²) in [5, 5.41) is 0. The van der Waals surface area contributed by atoms with Crippen molar-refractivity contribution >= 4 is 11.9 Å². The fraction of sp³-hybridized carbons (Fsp3) is 0.600. The molecule has 3 atom stereocenters. The van der Waals surface area contributed by atoms with Gasteiger partial charge in [-0.3, -0.25) is 9.59 Å². The van der Waals surface area contributed by atoms with Gasteiger partial charge in [-0.25, -0.2) is 0 Å². The topological polar surface area (TPSA) is 61.8 Å². The van der Waals surface area contributed by atoms with Crippen LogP contribution in [0.4, 0.5) is 0 Å². The summed E-state index contributed by atoms with van der Waals surface area (Å²) in [6.45, 7) is 0. The van der Waals surface area contributed by atoms with E-state index >= 15 is 0 Å². The number of rotatable bonds is 2. The summed E-state index contributed by atoms with van der Waals surface area (Å²) in [6, 6.07) is 0. The second-order valence-electron chi connectivity index (χ2n) is 3.61. The van der Waals surface area contributed by atoms with Crippen molar-refractivity contribution in [3.63, 3.8) is 0 Å². The monoisotopic (exact) mass is 212 g/mol. The molecule has 0 N–H and O–H groups in total. The second-order valence-corrected chi connectivity index (χ2v) is 3.61. The van der Waals surface area contributed by atoms with Crippen LogP contribution in [0.1, 0.15) is 6.42 Å². The van der Waals surface area contributed by atoms with Gasteiger partial charge in [-0.05, 0) is 6.08 Å². The fourth-order valence-electron chi connectivity index (χ4n) is 2.06. The first-order chi connectivity index (χ1) is 7.17. The lowest BCUT2D eigenvalue weighted by molar-refractivity contribution is -0.154. The molecule has 0 radical (unpaired) electrons. The zero-order chi connectivity index (χ0) is 11.0. The van der Waals surface area contributed by atoms with Crippen LogP contribution in [-0.4, -0.2) is 32.3 Å². The third-order valence-corrected chi connectivity index (χ3v) is 2.87. The standard InChI is InChI=1S/C10H12O5/c1-13-5-3-6-8(7(4-5)14-2)10(12)15-9(6)11/h3,6-8H,4H2,1-2H3. The first-order valence-corrected chi connectivity index (χ1v) is 4.70. The van der Waals surface area contributed by atoms with Crippen LogP contribution >= 0.6 is 0 Å². The Labute approximate surface area is 87.0 Å². The van der Waals surface area contributed by atoms with Crippen LogP contribution in [0, 0.1) is 11.8 Å². The quantitative estimate of drug-likeness (QED) is 0.485. The number of esters is 2. The molecule has 2 aliphatic rings. The van der Waals surface area contributed by atoms with Crippen LogP contribution in [0.3, 0.4) is 0 Å². The van der Waals surface area contributed by atoms with Crippen molar-refractivity contribution in [2.45, 2.75) is 12.5 Å². The number of fused-ring (bicyclic) bond motifs is 1. The molecule has 0 aromatic heterocycles.